The Hall–Kier alpha value is -3.55. The molecule has 0 spiro atoms. The van der Waals surface area contributed by atoms with Crippen LogP contribution in [0.15, 0.2) is 42.5 Å². The van der Waals surface area contributed by atoms with Crippen LogP contribution in [0.5, 0.6) is 0 Å². The number of carbonyl (C=O) groups is 3. The van der Waals surface area contributed by atoms with Gasteiger partial charge < -0.3 is 4.74 Å². The number of fused-ring (bicyclic) bond motifs is 1. The van der Waals surface area contributed by atoms with Gasteiger partial charge >= 0.3 is 5.97 Å². The van der Waals surface area contributed by atoms with Gasteiger partial charge in [-0.2, -0.15) is 0 Å². The highest BCUT2D eigenvalue weighted by Gasteiger charge is 2.43. The second-order valence-electron chi connectivity index (χ2n) is 5.14. The number of nitrogens with zero attached hydrogens (tertiary/aromatic N) is 2. The van der Waals surface area contributed by atoms with Gasteiger partial charge in [-0.25, -0.2) is 9.69 Å². The van der Waals surface area contributed by atoms with Gasteiger partial charge in [0.15, 0.2) is 0 Å². The minimum atomic E-state index is -0.843. The molecule has 0 aliphatic carbocycles. The van der Waals surface area contributed by atoms with E-state index in [1.54, 1.807) is 19.1 Å². The Morgan fingerprint density at radius 1 is 1.12 bits per heavy atom. The number of esters is 1. The maximum Gasteiger partial charge on any atom is 0.340 e. The number of imide groups is 1. The van der Waals surface area contributed by atoms with Gasteiger partial charge in [-0.1, -0.05) is 18.2 Å². The summed E-state index contributed by atoms with van der Waals surface area (Å²) in [5.41, 5.74) is -0.746. The predicted molar refractivity (Wildman–Crippen MR) is 86.6 cm³/mol. The lowest BCUT2D eigenvalue weighted by Gasteiger charge is -2.17. The van der Waals surface area contributed by atoms with Crippen molar-refractivity contribution in [1.82, 2.24) is 0 Å². The number of para-hydroxylation sites is 1. The molecular formula is C17H12N2O6. The van der Waals surface area contributed by atoms with Crippen molar-refractivity contribution in [3.8, 4) is 0 Å². The first kappa shape index (κ1) is 16.3. The zero-order valence-electron chi connectivity index (χ0n) is 13.1. The average molecular weight is 340 g/mol. The molecule has 2 amide bonds. The standard InChI is InChI=1S/C17H12N2O6/c1-2-25-17(22)10-6-3-4-8-12(10)18-15(20)11-7-5-9-13(19(23)24)14(11)16(18)21/h3-9H,2H2,1H3. The first-order chi connectivity index (χ1) is 12.0. The Morgan fingerprint density at radius 2 is 1.84 bits per heavy atom. The van der Waals surface area contributed by atoms with Crippen molar-refractivity contribution in [2.24, 2.45) is 0 Å². The van der Waals surface area contributed by atoms with E-state index in [-0.39, 0.29) is 29.0 Å². The number of nitro benzene ring substituents is 1. The SMILES string of the molecule is CCOC(=O)c1ccccc1N1C(=O)c2cccc([N+](=O)[O-])c2C1=O. The van der Waals surface area contributed by atoms with Crippen LogP contribution in [-0.4, -0.2) is 29.3 Å². The summed E-state index contributed by atoms with van der Waals surface area (Å²) in [4.78, 5) is 48.7. The van der Waals surface area contributed by atoms with E-state index in [1.807, 2.05) is 0 Å². The number of benzene rings is 2. The van der Waals surface area contributed by atoms with Gasteiger partial charge in [0.2, 0.25) is 0 Å². The van der Waals surface area contributed by atoms with Crippen LogP contribution in [0.4, 0.5) is 11.4 Å². The van der Waals surface area contributed by atoms with E-state index >= 15 is 0 Å². The molecule has 0 bridgehead atoms. The smallest absolute Gasteiger partial charge is 0.340 e. The minimum absolute atomic E-state index is 0.0291. The third kappa shape index (κ3) is 2.53. The summed E-state index contributed by atoms with van der Waals surface area (Å²) in [7, 11) is 0. The largest absolute Gasteiger partial charge is 0.462 e. The molecule has 8 heteroatoms. The normalized spacial score (nSPS) is 12.9. The molecule has 3 rings (SSSR count). The van der Waals surface area contributed by atoms with E-state index < -0.39 is 28.4 Å². The number of carbonyl (C=O) groups excluding carboxylic acids is 3. The van der Waals surface area contributed by atoms with E-state index in [4.69, 9.17) is 4.74 Å². The Morgan fingerprint density at radius 3 is 2.52 bits per heavy atom. The summed E-state index contributed by atoms with van der Waals surface area (Å²) in [6, 6.07) is 9.79. The molecule has 1 heterocycles. The van der Waals surface area contributed by atoms with Crippen LogP contribution in [0.25, 0.3) is 0 Å². The van der Waals surface area contributed by atoms with Gasteiger partial charge in [-0.05, 0) is 25.1 Å². The van der Waals surface area contributed by atoms with E-state index in [0.717, 1.165) is 11.0 Å². The van der Waals surface area contributed by atoms with Crippen molar-refractivity contribution in [1.29, 1.82) is 0 Å². The highest BCUT2D eigenvalue weighted by Crippen LogP contribution is 2.35. The van der Waals surface area contributed by atoms with Crippen molar-refractivity contribution < 1.29 is 24.0 Å². The number of amides is 2. The van der Waals surface area contributed by atoms with Crippen LogP contribution >= 0.6 is 0 Å². The number of ether oxygens (including phenoxy) is 1. The molecule has 2 aromatic rings. The fourth-order valence-corrected chi connectivity index (χ4v) is 2.69. The molecule has 0 aromatic heterocycles. The lowest BCUT2D eigenvalue weighted by atomic mass is 10.1. The average Bonchev–Trinajstić information content (AvgIpc) is 2.86. The molecule has 0 saturated heterocycles. The fourth-order valence-electron chi connectivity index (χ4n) is 2.69. The Labute approximate surface area is 141 Å². The lowest BCUT2D eigenvalue weighted by Crippen LogP contribution is -2.31. The van der Waals surface area contributed by atoms with Gasteiger partial charge in [-0.3, -0.25) is 19.7 Å². The molecule has 0 N–H and O–H groups in total. The molecular weight excluding hydrogens is 328 g/mol. The quantitative estimate of drug-likeness (QED) is 0.366. The van der Waals surface area contributed by atoms with Crippen LogP contribution in [0.1, 0.15) is 38.0 Å². The van der Waals surface area contributed by atoms with Crippen LogP contribution in [0, 0.1) is 10.1 Å². The summed E-state index contributed by atoms with van der Waals surface area (Å²) in [6.45, 7) is 1.76. The molecule has 1 aliphatic rings. The Balaban J connectivity index is 2.14. The van der Waals surface area contributed by atoms with Crippen molar-refractivity contribution in [2.45, 2.75) is 6.92 Å². The predicted octanol–water partition coefficient (Wildman–Crippen LogP) is 2.57. The number of anilines is 1. The number of nitro groups is 1. The van der Waals surface area contributed by atoms with Gasteiger partial charge in [-0.15, -0.1) is 0 Å². The van der Waals surface area contributed by atoms with E-state index in [0.29, 0.717) is 0 Å². The molecule has 0 saturated carbocycles. The van der Waals surface area contributed by atoms with Gasteiger partial charge in [0.1, 0.15) is 5.56 Å². The molecule has 2 aromatic carbocycles. The van der Waals surface area contributed by atoms with Gasteiger partial charge in [0, 0.05) is 6.07 Å². The van der Waals surface area contributed by atoms with E-state index in [1.165, 1.54) is 24.3 Å². The maximum absolute atomic E-state index is 12.7. The second-order valence-corrected chi connectivity index (χ2v) is 5.14. The lowest BCUT2D eigenvalue weighted by molar-refractivity contribution is -0.385. The monoisotopic (exact) mass is 340 g/mol. The third-order valence-corrected chi connectivity index (χ3v) is 3.73. The van der Waals surface area contributed by atoms with Gasteiger partial charge in [0.25, 0.3) is 17.5 Å². The molecule has 1 aliphatic heterocycles. The fraction of sp³-hybridized carbons (Fsp3) is 0.118. The molecule has 0 atom stereocenters. The highest BCUT2D eigenvalue weighted by molar-refractivity contribution is 6.36. The van der Waals surface area contributed by atoms with Crippen LogP contribution in [-0.2, 0) is 4.74 Å². The Bertz CT molecular complexity index is 921. The first-order valence-electron chi connectivity index (χ1n) is 7.39. The number of hydrogen-bond acceptors (Lipinski definition) is 6. The van der Waals surface area contributed by atoms with Crippen LogP contribution in [0.3, 0.4) is 0 Å². The van der Waals surface area contributed by atoms with Crippen molar-refractivity contribution in [2.75, 3.05) is 11.5 Å². The van der Waals surface area contributed by atoms with Crippen molar-refractivity contribution in [3.63, 3.8) is 0 Å². The molecule has 0 fully saturated rings. The molecule has 0 radical (unpaired) electrons. The first-order valence-corrected chi connectivity index (χ1v) is 7.39. The van der Waals surface area contributed by atoms with E-state index in [2.05, 4.69) is 0 Å². The summed E-state index contributed by atoms with van der Waals surface area (Å²) >= 11 is 0. The summed E-state index contributed by atoms with van der Waals surface area (Å²) in [5, 5.41) is 11.2. The molecule has 126 valence electrons. The zero-order chi connectivity index (χ0) is 18.1. The Kier molecular flexibility index (Phi) is 4.02. The van der Waals surface area contributed by atoms with Crippen molar-refractivity contribution in [3.05, 3.63) is 69.3 Å². The minimum Gasteiger partial charge on any atom is -0.462 e. The molecule has 8 nitrogen and oxygen atoms in total. The third-order valence-electron chi connectivity index (χ3n) is 3.73. The van der Waals surface area contributed by atoms with Crippen LogP contribution < -0.4 is 4.90 Å². The zero-order valence-corrected chi connectivity index (χ0v) is 13.1. The second kappa shape index (κ2) is 6.16. The van der Waals surface area contributed by atoms with Gasteiger partial charge in [0.05, 0.1) is 28.3 Å². The highest BCUT2D eigenvalue weighted by atomic mass is 16.6. The topological polar surface area (TPSA) is 107 Å². The summed E-state index contributed by atoms with van der Waals surface area (Å²) in [5.74, 6) is -2.26. The molecule has 25 heavy (non-hydrogen) atoms. The van der Waals surface area contributed by atoms with E-state index in [9.17, 15) is 24.5 Å². The summed E-state index contributed by atoms with van der Waals surface area (Å²) in [6.07, 6.45) is 0. The van der Waals surface area contributed by atoms with Crippen LogP contribution in [0.2, 0.25) is 0 Å². The maximum atomic E-state index is 12.7. The number of hydrogen-bond donors (Lipinski definition) is 0. The molecule has 0 unspecified atom stereocenters. The summed E-state index contributed by atoms with van der Waals surface area (Å²) < 4.78 is 4.94. The number of rotatable bonds is 4. The van der Waals surface area contributed by atoms with Crippen molar-refractivity contribution >= 4 is 29.2 Å².